The minimum Gasteiger partial charge on any atom is -0.346 e. The Morgan fingerprint density at radius 1 is 1.04 bits per heavy atom. The second kappa shape index (κ2) is 6.31. The number of aryl methyl sites for hydroxylation is 1. The van der Waals surface area contributed by atoms with E-state index in [0.29, 0.717) is 13.0 Å². The summed E-state index contributed by atoms with van der Waals surface area (Å²) in [7, 11) is 0. The highest BCUT2D eigenvalue weighted by molar-refractivity contribution is 7.13. The van der Waals surface area contributed by atoms with E-state index in [9.17, 15) is 0 Å². The van der Waals surface area contributed by atoms with Gasteiger partial charge in [0.2, 0.25) is 0 Å². The predicted molar refractivity (Wildman–Crippen MR) is 98.7 cm³/mol. The van der Waals surface area contributed by atoms with E-state index >= 15 is 0 Å². The van der Waals surface area contributed by atoms with E-state index in [0.717, 1.165) is 27.3 Å². The van der Waals surface area contributed by atoms with Gasteiger partial charge in [-0.2, -0.15) is 5.26 Å². The van der Waals surface area contributed by atoms with Gasteiger partial charge in [0.25, 0.3) is 0 Å². The van der Waals surface area contributed by atoms with Crippen LogP contribution in [0.2, 0.25) is 0 Å². The van der Waals surface area contributed by atoms with Crippen molar-refractivity contribution in [2.24, 2.45) is 0 Å². The summed E-state index contributed by atoms with van der Waals surface area (Å²) in [6, 6.07) is 20.8. The summed E-state index contributed by atoms with van der Waals surface area (Å²) in [5.74, 6) is 0. The fraction of sp³-hybridized carbons (Fsp3) is 0.100. The molecule has 2 aromatic carbocycles. The highest BCUT2D eigenvalue weighted by Crippen LogP contribution is 2.34. The van der Waals surface area contributed by atoms with E-state index in [1.54, 1.807) is 11.3 Å². The van der Waals surface area contributed by atoms with Crippen molar-refractivity contribution in [1.82, 2.24) is 9.55 Å². The Bertz CT molecular complexity index is 1020. The summed E-state index contributed by atoms with van der Waals surface area (Å²) in [4.78, 5) is 4.83. The van der Waals surface area contributed by atoms with Crippen molar-refractivity contribution < 1.29 is 0 Å². The minimum atomic E-state index is 0.504. The molecule has 0 saturated heterocycles. The number of fused-ring (bicyclic) bond motifs is 1. The summed E-state index contributed by atoms with van der Waals surface area (Å²) >= 11 is 1.66. The van der Waals surface area contributed by atoms with Crippen molar-refractivity contribution in [3.05, 3.63) is 66.2 Å². The summed E-state index contributed by atoms with van der Waals surface area (Å²) in [6.45, 7) is 0.701. The van der Waals surface area contributed by atoms with Crippen molar-refractivity contribution >= 4 is 22.2 Å². The van der Waals surface area contributed by atoms with E-state index < -0.39 is 0 Å². The summed E-state index contributed by atoms with van der Waals surface area (Å²) in [5, 5.41) is 13.2. The third-order valence-corrected chi connectivity index (χ3v) is 4.95. The number of aromatic nitrogens is 2. The summed E-state index contributed by atoms with van der Waals surface area (Å²) in [6.07, 6.45) is 2.62. The maximum absolute atomic E-state index is 8.88. The van der Waals surface area contributed by atoms with Crippen LogP contribution in [0.5, 0.6) is 0 Å². The van der Waals surface area contributed by atoms with Crippen LogP contribution in [0.25, 0.3) is 32.7 Å². The number of rotatable bonds is 4. The maximum atomic E-state index is 8.88. The van der Waals surface area contributed by atoms with E-state index in [1.165, 1.54) is 5.39 Å². The molecule has 4 heteroatoms. The number of nitrogens with zero attached hydrogens (tertiary/aromatic N) is 3. The Morgan fingerprint density at radius 2 is 1.83 bits per heavy atom. The van der Waals surface area contributed by atoms with E-state index in [4.69, 9.17) is 10.2 Å². The molecule has 4 aromatic rings. The van der Waals surface area contributed by atoms with E-state index in [1.807, 2.05) is 30.3 Å². The first-order valence-corrected chi connectivity index (χ1v) is 8.71. The Kier molecular flexibility index (Phi) is 3.86. The van der Waals surface area contributed by atoms with Gasteiger partial charge in [-0.15, -0.1) is 11.3 Å². The molecule has 116 valence electrons. The van der Waals surface area contributed by atoms with Crippen molar-refractivity contribution in [1.29, 1.82) is 5.26 Å². The van der Waals surface area contributed by atoms with Crippen LogP contribution in [0, 0.1) is 11.3 Å². The molecule has 0 unspecified atom stereocenters. The van der Waals surface area contributed by atoms with Gasteiger partial charge < -0.3 is 4.57 Å². The largest absolute Gasteiger partial charge is 0.346 e. The van der Waals surface area contributed by atoms with Crippen LogP contribution >= 0.6 is 11.3 Å². The average molecular weight is 329 g/mol. The molecule has 0 amide bonds. The number of nitriles is 1. The summed E-state index contributed by atoms with van der Waals surface area (Å²) < 4.78 is 2.15. The molecule has 0 bridgehead atoms. The van der Waals surface area contributed by atoms with Gasteiger partial charge in [0.15, 0.2) is 0 Å². The Balaban J connectivity index is 1.80. The molecular weight excluding hydrogens is 314 g/mol. The first kappa shape index (κ1) is 14.7. The average Bonchev–Trinajstić information content (AvgIpc) is 3.26. The lowest BCUT2D eigenvalue weighted by atomic mass is 10.1. The molecule has 0 atom stereocenters. The summed E-state index contributed by atoms with van der Waals surface area (Å²) in [5.41, 5.74) is 4.41. The fourth-order valence-electron chi connectivity index (χ4n) is 2.92. The number of hydrogen-bond donors (Lipinski definition) is 0. The van der Waals surface area contributed by atoms with Crippen molar-refractivity contribution in [2.75, 3.05) is 0 Å². The van der Waals surface area contributed by atoms with Gasteiger partial charge in [0.05, 0.1) is 18.2 Å². The monoisotopic (exact) mass is 329 g/mol. The number of hydrogen-bond acceptors (Lipinski definition) is 3. The zero-order valence-corrected chi connectivity index (χ0v) is 13.8. The van der Waals surface area contributed by atoms with Crippen molar-refractivity contribution in [3.8, 4) is 27.9 Å². The van der Waals surface area contributed by atoms with Crippen LogP contribution in [0.3, 0.4) is 0 Å². The molecule has 3 nitrogen and oxygen atoms in total. The zero-order valence-electron chi connectivity index (χ0n) is 13.0. The third kappa shape index (κ3) is 2.60. The highest BCUT2D eigenvalue weighted by Gasteiger charge is 2.13. The molecular formula is C20H15N3S. The number of benzene rings is 2. The molecule has 0 N–H and O–H groups in total. The normalized spacial score (nSPS) is 10.8. The third-order valence-electron chi connectivity index (χ3n) is 4.05. The van der Waals surface area contributed by atoms with Gasteiger partial charge >= 0.3 is 0 Å². The minimum absolute atomic E-state index is 0.504. The molecule has 2 heterocycles. The van der Waals surface area contributed by atoms with Gasteiger partial charge in [-0.1, -0.05) is 48.5 Å². The molecule has 0 saturated carbocycles. The second-order valence-corrected chi connectivity index (χ2v) is 6.42. The number of thiazole rings is 1. The van der Waals surface area contributed by atoms with Crippen LogP contribution in [0.15, 0.2) is 66.2 Å². The lowest BCUT2D eigenvalue weighted by Crippen LogP contribution is -1.94. The van der Waals surface area contributed by atoms with Crippen LogP contribution < -0.4 is 0 Å². The number of para-hydroxylation sites is 1. The maximum Gasteiger partial charge on any atom is 0.124 e. The molecule has 2 aromatic heterocycles. The van der Waals surface area contributed by atoms with Crippen LogP contribution in [-0.4, -0.2) is 9.55 Å². The van der Waals surface area contributed by atoms with Gasteiger partial charge in [0.1, 0.15) is 5.01 Å². The van der Waals surface area contributed by atoms with Crippen LogP contribution in [-0.2, 0) is 6.54 Å². The lowest BCUT2D eigenvalue weighted by molar-refractivity contribution is 0.745. The molecule has 0 aliphatic carbocycles. The smallest absolute Gasteiger partial charge is 0.124 e. The standard InChI is InChI=1S/C20H15N3S/c21-11-6-12-23-13-17(16-9-4-5-10-19(16)23)18-14-24-20(22-18)15-7-2-1-3-8-15/h1-5,7-10,13-14H,6,12H2. The highest BCUT2D eigenvalue weighted by atomic mass is 32.1. The van der Waals surface area contributed by atoms with Gasteiger partial charge in [-0.05, 0) is 6.07 Å². The molecule has 0 aliphatic heterocycles. The topological polar surface area (TPSA) is 41.6 Å². The predicted octanol–water partition coefficient (Wildman–Crippen LogP) is 5.35. The van der Waals surface area contributed by atoms with Crippen molar-refractivity contribution in [2.45, 2.75) is 13.0 Å². The SMILES string of the molecule is N#CCCn1cc(-c2csc(-c3ccccc3)n2)c2ccccc21. The van der Waals surface area contributed by atoms with Gasteiger partial charge in [-0.3, -0.25) is 0 Å². The molecule has 0 aliphatic rings. The van der Waals surface area contributed by atoms with E-state index in [-0.39, 0.29) is 0 Å². The molecule has 4 rings (SSSR count). The van der Waals surface area contributed by atoms with Crippen LogP contribution in [0.4, 0.5) is 0 Å². The molecule has 0 fully saturated rings. The lowest BCUT2D eigenvalue weighted by Gasteiger charge is -2.00. The first-order chi connectivity index (χ1) is 11.9. The fourth-order valence-corrected chi connectivity index (χ4v) is 3.74. The van der Waals surface area contributed by atoms with E-state index in [2.05, 4.69) is 46.5 Å². The van der Waals surface area contributed by atoms with Gasteiger partial charge in [-0.25, -0.2) is 4.98 Å². The van der Waals surface area contributed by atoms with Gasteiger partial charge in [0, 0.05) is 40.2 Å². The van der Waals surface area contributed by atoms with Crippen LogP contribution in [0.1, 0.15) is 6.42 Å². The molecule has 0 spiro atoms. The first-order valence-electron chi connectivity index (χ1n) is 7.83. The Labute approximate surface area is 144 Å². The Hall–Kier alpha value is -2.90. The van der Waals surface area contributed by atoms with Crippen molar-refractivity contribution in [3.63, 3.8) is 0 Å². The molecule has 24 heavy (non-hydrogen) atoms. The second-order valence-electron chi connectivity index (χ2n) is 5.57. The zero-order chi connectivity index (χ0) is 16.4. The Morgan fingerprint density at radius 3 is 2.67 bits per heavy atom. The quantitative estimate of drug-likeness (QED) is 0.507. The molecule has 0 radical (unpaired) electrons.